The Morgan fingerprint density at radius 2 is 2.35 bits per heavy atom. The predicted octanol–water partition coefficient (Wildman–Crippen LogP) is 2.87. The molecule has 0 radical (unpaired) electrons. The number of aromatic nitrogens is 2. The van der Waals surface area contributed by atoms with Crippen LogP contribution in [0.4, 0.5) is 0 Å². The average molecular weight is 257 g/mol. The van der Waals surface area contributed by atoms with E-state index in [9.17, 15) is 4.79 Å². The molecule has 1 fully saturated rings. The smallest absolute Gasteiger partial charge is 0.213 e. The van der Waals surface area contributed by atoms with Crippen LogP contribution in [0.15, 0.2) is 6.20 Å². The number of Topliss-reactive ketones (excluding diaryl/α,β-unsaturated/α-hetero) is 1. The van der Waals surface area contributed by atoms with Gasteiger partial charge in [0.05, 0.1) is 11.2 Å². The van der Waals surface area contributed by atoms with Crippen molar-refractivity contribution >= 4 is 17.4 Å². The van der Waals surface area contributed by atoms with Crippen molar-refractivity contribution in [1.82, 2.24) is 9.78 Å². The zero-order chi connectivity index (χ0) is 12.6. The topological polar surface area (TPSA) is 44.1 Å². The van der Waals surface area contributed by atoms with Crippen LogP contribution < -0.4 is 0 Å². The first-order valence-corrected chi connectivity index (χ1v) is 6.25. The van der Waals surface area contributed by atoms with Gasteiger partial charge in [0, 0.05) is 12.6 Å². The van der Waals surface area contributed by atoms with Gasteiger partial charge in [0.1, 0.15) is 11.3 Å². The highest BCUT2D eigenvalue weighted by atomic mass is 35.5. The Balaban J connectivity index is 2.39. The average Bonchev–Trinajstić information content (AvgIpc) is 2.85. The first-order chi connectivity index (χ1) is 7.96. The second kappa shape index (κ2) is 4.42. The van der Waals surface area contributed by atoms with Gasteiger partial charge in [-0.15, -0.1) is 0 Å². The fourth-order valence-corrected chi connectivity index (χ4v) is 2.37. The lowest BCUT2D eigenvalue weighted by Crippen LogP contribution is -2.36. The molecule has 5 heteroatoms. The van der Waals surface area contributed by atoms with Gasteiger partial charge in [-0.25, -0.2) is 0 Å². The Labute approximate surface area is 106 Å². The standard InChI is InChI=1S/C12H17ClN2O2/c1-8(2)15-10(9(13)7-14-15)11(16)12(3)5-4-6-17-12/h7-8H,4-6H2,1-3H3. The van der Waals surface area contributed by atoms with Crippen LogP contribution >= 0.6 is 11.6 Å². The van der Waals surface area contributed by atoms with Gasteiger partial charge >= 0.3 is 0 Å². The van der Waals surface area contributed by atoms with Crippen molar-refractivity contribution in [1.29, 1.82) is 0 Å². The van der Waals surface area contributed by atoms with Crippen molar-refractivity contribution < 1.29 is 9.53 Å². The zero-order valence-corrected chi connectivity index (χ0v) is 11.1. The Morgan fingerprint density at radius 1 is 1.65 bits per heavy atom. The third-order valence-corrected chi connectivity index (χ3v) is 3.43. The van der Waals surface area contributed by atoms with Crippen molar-refractivity contribution in [3.05, 3.63) is 16.9 Å². The van der Waals surface area contributed by atoms with Gasteiger partial charge in [0.15, 0.2) is 0 Å². The van der Waals surface area contributed by atoms with Crippen LogP contribution in [0.25, 0.3) is 0 Å². The Kier molecular flexibility index (Phi) is 3.27. The summed E-state index contributed by atoms with van der Waals surface area (Å²) in [6, 6.07) is 0.103. The number of ether oxygens (including phenoxy) is 1. The summed E-state index contributed by atoms with van der Waals surface area (Å²) >= 11 is 6.06. The summed E-state index contributed by atoms with van der Waals surface area (Å²) in [7, 11) is 0. The fraction of sp³-hybridized carbons (Fsp3) is 0.667. The minimum atomic E-state index is -0.740. The van der Waals surface area contributed by atoms with E-state index in [0.29, 0.717) is 17.3 Å². The molecule has 0 saturated carbocycles. The molecule has 2 rings (SSSR count). The molecule has 94 valence electrons. The van der Waals surface area contributed by atoms with Crippen LogP contribution in [0, 0.1) is 0 Å². The minimum absolute atomic E-state index is 0.0637. The largest absolute Gasteiger partial charge is 0.367 e. The van der Waals surface area contributed by atoms with E-state index < -0.39 is 5.60 Å². The summed E-state index contributed by atoms with van der Waals surface area (Å²) in [4.78, 5) is 12.5. The molecule has 2 heterocycles. The molecule has 1 aromatic rings. The van der Waals surface area contributed by atoms with Crippen molar-refractivity contribution in [2.45, 2.75) is 45.3 Å². The summed E-state index contributed by atoms with van der Waals surface area (Å²) < 4.78 is 7.23. The molecule has 1 atom stereocenters. The molecule has 17 heavy (non-hydrogen) atoms. The third-order valence-electron chi connectivity index (χ3n) is 3.15. The molecule has 0 bridgehead atoms. The highest BCUT2D eigenvalue weighted by molar-refractivity contribution is 6.34. The third kappa shape index (κ3) is 2.11. The van der Waals surface area contributed by atoms with Gasteiger partial charge < -0.3 is 4.74 Å². The van der Waals surface area contributed by atoms with Crippen LogP contribution in [0.3, 0.4) is 0 Å². The van der Waals surface area contributed by atoms with Gasteiger partial charge in [-0.3, -0.25) is 9.48 Å². The molecule has 4 nitrogen and oxygen atoms in total. The van der Waals surface area contributed by atoms with E-state index in [4.69, 9.17) is 16.3 Å². The van der Waals surface area contributed by atoms with E-state index in [1.807, 2.05) is 20.8 Å². The lowest BCUT2D eigenvalue weighted by Gasteiger charge is -2.22. The molecule has 1 aliphatic heterocycles. The van der Waals surface area contributed by atoms with Crippen molar-refractivity contribution in [2.75, 3.05) is 6.61 Å². The van der Waals surface area contributed by atoms with Crippen LogP contribution in [0.5, 0.6) is 0 Å². The molecular weight excluding hydrogens is 240 g/mol. The molecule has 1 aliphatic rings. The van der Waals surface area contributed by atoms with Crippen LogP contribution in [-0.4, -0.2) is 27.8 Å². The number of halogens is 1. The van der Waals surface area contributed by atoms with E-state index in [-0.39, 0.29) is 11.8 Å². The van der Waals surface area contributed by atoms with Crippen molar-refractivity contribution in [3.8, 4) is 0 Å². The van der Waals surface area contributed by atoms with E-state index in [1.165, 1.54) is 6.20 Å². The molecule has 0 amide bonds. The number of hydrogen-bond acceptors (Lipinski definition) is 3. The molecule has 0 aliphatic carbocycles. The SMILES string of the molecule is CC(C)n1ncc(Cl)c1C(=O)C1(C)CCCO1. The highest BCUT2D eigenvalue weighted by Crippen LogP contribution is 2.32. The Hall–Kier alpha value is -0.870. The van der Waals surface area contributed by atoms with E-state index in [0.717, 1.165) is 12.8 Å². The maximum atomic E-state index is 12.5. The molecule has 0 N–H and O–H groups in total. The number of rotatable bonds is 3. The number of carbonyl (C=O) groups is 1. The lowest BCUT2D eigenvalue weighted by molar-refractivity contribution is 0.0203. The molecule has 1 saturated heterocycles. The summed E-state index contributed by atoms with van der Waals surface area (Å²) in [6.45, 7) is 6.40. The predicted molar refractivity (Wildman–Crippen MR) is 65.5 cm³/mol. The van der Waals surface area contributed by atoms with Crippen molar-refractivity contribution in [2.24, 2.45) is 0 Å². The van der Waals surface area contributed by atoms with Crippen LogP contribution in [0.1, 0.15) is 50.1 Å². The van der Waals surface area contributed by atoms with Crippen LogP contribution in [0.2, 0.25) is 5.02 Å². The second-order valence-corrected chi connectivity index (χ2v) is 5.30. The van der Waals surface area contributed by atoms with Crippen LogP contribution in [-0.2, 0) is 4.74 Å². The summed E-state index contributed by atoms with van der Waals surface area (Å²) in [5, 5.41) is 4.55. The van der Waals surface area contributed by atoms with Gasteiger partial charge in [-0.05, 0) is 33.6 Å². The maximum Gasteiger partial charge on any atom is 0.213 e. The van der Waals surface area contributed by atoms with Gasteiger partial charge in [0.2, 0.25) is 5.78 Å². The van der Waals surface area contributed by atoms with Gasteiger partial charge in [-0.2, -0.15) is 5.10 Å². The molecule has 0 aromatic carbocycles. The number of nitrogens with zero attached hydrogens (tertiary/aromatic N) is 2. The van der Waals surface area contributed by atoms with E-state index >= 15 is 0 Å². The molecule has 0 spiro atoms. The Bertz CT molecular complexity index is 434. The summed E-state index contributed by atoms with van der Waals surface area (Å²) in [6.07, 6.45) is 3.17. The minimum Gasteiger partial charge on any atom is -0.367 e. The zero-order valence-electron chi connectivity index (χ0n) is 10.4. The number of hydrogen-bond donors (Lipinski definition) is 0. The lowest BCUT2D eigenvalue weighted by atomic mass is 9.95. The monoisotopic (exact) mass is 256 g/mol. The number of carbonyl (C=O) groups excluding carboxylic acids is 1. The molecule has 1 unspecified atom stereocenters. The van der Waals surface area contributed by atoms with Gasteiger partial charge in [-0.1, -0.05) is 11.6 Å². The highest BCUT2D eigenvalue weighted by Gasteiger charge is 2.41. The summed E-state index contributed by atoms with van der Waals surface area (Å²) in [5.74, 6) is -0.0637. The number of ketones is 1. The quantitative estimate of drug-likeness (QED) is 0.781. The normalized spacial score (nSPS) is 24.5. The summed E-state index contributed by atoms with van der Waals surface area (Å²) in [5.41, 5.74) is -0.276. The molecule has 1 aromatic heterocycles. The first kappa shape index (κ1) is 12.6. The van der Waals surface area contributed by atoms with Gasteiger partial charge in [0.25, 0.3) is 0 Å². The second-order valence-electron chi connectivity index (χ2n) is 4.89. The maximum absolute atomic E-state index is 12.5. The fourth-order valence-electron chi connectivity index (χ4n) is 2.15. The van der Waals surface area contributed by atoms with E-state index in [2.05, 4.69) is 5.10 Å². The van der Waals surface area contributed by atoms with Crippen molar-refractivity contribution in [3.63, 3.8) is 0 Å². The van der Waals surface area contributed by atoms with E-state index in [1.54, 1.807) is 4.68 Å². The molecular formula is C12H17ClN2O2. The Morgan fingerprint density at radius 3 is 2.88 bits per heavy atom. The first-order valence-electron chi connectivity index (χ1n) is 5.87.